The van der Waals surface area contributed by atoms with E-state index in [-0.39, 0.29) is 0 Å². The molecule has 0 bridgehead atoms. The molecule has 0 aliphatic rings. The van der Waals surface area contributed by atoms with E-state index >= 15 is 0 Å². The molecule has 2 aromatic rings. The average molecular weight is 272 g/mol. The highest BCUT2D eigenvalue weighted by Gasteiger charge is 2.09. The van der Waals surface area contributed by atoms with Gasteiger partial charge >= 0.3 is 7.12 Å². The molecular weight excluding hydrogens is 255 g/mol. The van der Waals surface area contributed by atoms with Gasteiger partial charge in [-0.25, -0.2) is 0 Å². The van der Waals surface area contributed by atoms with E-state index in [1.165, 1.54) is 17.7 Å². The van der Waals surface area contributed by atoms with Crippen LogP contribution in [0.25, 0.3) is 0 Å². The van der Waals surface area contributed by atoms with Crippen LogP contribution in [-0.2, 0) is 11.3 Å². The molecule has 0 spiro atoms. The number of hydrogen-bond acceptors (Lipinski definition) is 4. The smallest absolute Gasteiger partial charge is 0.423 e. The van der Waals surface area contributed by atoms with Gasteiger partial charge < -0.3 is 14.8 Å². The maximum absolute atomic E-state index is 10.2. The van der Waals surface area contributed by atoms with E-state index in [0.29, 0.717) is 23.9 Å². The molecule has 4 nitrogen and oxygen atoms in total. The Morgan fingerprint density at radius 3 is 2.35 bits per heavy atom. The van der Waals surface area contributed by atoms with Gasteiger partial charge in [-0.15, -0.1) is 0 Å². The van der Waals surface area contributed by atoms with Crippen molar-refractivity contribution in [2.75, 3.05) is 7.11 Å². The number of carbonyl (C=O) groups is 1. The summed E-state index contributed by atoms with van der Waals surface area (Å²) in [5.74, 6) is 0. The summed E-state index contributed by atoms with van der Waals surface area (Å²) in [6.07, 6.45) is 0.659. The third-order valence-electron chi connectivity index (χ3n) is 2.50. The first-order valence-corrected chi connectivity index (χ1v) is 6.11. The summed E-state index contributed by atoms with van der Waals surface area (Å²) in [4.78, 5) is 10.2. The standard InChI is InChI=1S/C8H10O.C7H7BO3/c1-9-7-8-5-3-2-4-6-8;9-5-6-2-1-3-7(4-6)8(10)11/h2-6H,7H2,1H3;1-5,10-11H. The van der Waals surface area contributed by atoms with Gasteiger partial charge in [0.05, 0.1) is 6.61 Å². The van der Waals surface area contributed by atoms with Gasteiger partial charge in [0.25, 0.3) is 0 Å². The van der Waals surface area contributed by atoms with Gasteiger partial charge in [-0.3, -0.25) is 4.79 Å². The zero-order valence-corrected chi connectivity index (χ0v) is 11.3. The summed E-state index contributed by atoms with van der Waals surface area (Å²) in [6, 6.07) is 16.3. The molecule has 2 aromatic carbocycles. The third-order valence-corrected chi connectivity index (χ3v) is 2.50. The minimum absolute atomic E-state index is 0.328. The zero-order chi connectivity index (χ0) is 14.8. The summed E-state index contributed by atoms with van der Waals surface area (Å²) in [5.41, 5.74) is 1.99. The van der Waals surface area contributed by atoms with Crippen LogP contribution in [0.4, 0.5) is 0 Å². The van der Waals surface area contributed by atoms with Gasteiger partial charge in [-0.1, -0.05) is 54.6 Å². The van der Waals surface area contributed by atoms with Crippen molar-refractivity contribution >= 4 is 18.9 Å². The number of ether oxygens (including phenoxy) is 1. The molecule has 0 unspecified atom stereocenters. The van der Waals surface area contributed by atoms with E-state index < -0.39 is 7.12 Å². The van der Waals surface area contributed by atoms with Crippen molar-refractivity contribution < 1.29 is 19.6 Å². The van der Waals surface area contributed by atoms with Crippen molar-refractivity contribution in [3.63, 3.8) is 0 Å². The van der Waals surface area contributed by atoms with Crippen LogP contribution in [0.2, 0.25) is 0 Å². The molecule has 0 aromatic heterocycles. The first-order chi connectivity index (χ1) is 9.67. The van der Waals surface area contributed by atoms with Gasteiger partial charge in [-0.2, -0.15) is 0 Å². The van der Waals surface area contributed by atoms with Crippen molar-refractivity contribution in [3.8, 4) is 0 Å². The molecule has 2 N–H and O–H groups in total. The molecule has 0 amide bonds. The first kappa shape index (κ1) is 16.1. The molecular formula is C15H17BO4. The van der Waals surface area contributed by atoms with E-state index in [0.717, 1.165) is 0 Å². The summed E-state index contributed by atoms with van der Waals surface area (Å²) >= 11 is 0. The lowest BCUT2D eigenvalue weighted by atomic mass is 9.80. The first-order valence-electron chi connectivity index (χ1n) is 6.11. The highest BCUT2D eigenvalue weighted by atomic mass is 16.5. The Morgan fingerprint density at radius 2 is 1.80 bits per heavy atom. The zero-order valence-electron chi connectivity index (χ0n) is 11.3. The predicted molar refractivity (Wildman–Crippen MR) is 78.8 cm³/mol. The van der Waals surface area contributed by atoms with Crippen LogP contribution < -0.4 is 5.46 Å². The number of hydrogen-bond donors (Lipinski definition) is 2. The van der Waals surface area contributed by atoms with Crippen molar-refractivity contribution in [2.45, 2.75) is 6.61 Å². The van der Waals surface area contributed by atoms with E-state index in [4.69, 9.17) is 14.8 Å². The Morgan fingerprint density at radius 1 is 1.10 bits per heavy atom. The summed E-state index contributed by atoms with van der Waals surface area (Å²) in [7, 11) is 0.197. The third kappa shape index (κ3) is 5.80. The Kier molecular flexibility index (Phi) is 7.28. The molecule has 0 atom stereocenters. The van der Waals surface area contributed by atoms with E-state index in [1.54, 1.807) is 19.2 Å². The fourth-order valence-electron chi connectivity index (χ4n) is 1.53. The second kappa shape index (κ2) is 9.04. The van der Waals surface area contributed by atoms with Gasteiger partial charge in [0.1, 0.15) is 6.29 Å². The van der Waals surface area contributed by atoms with Crippen LogP contribution in [-0.4, -0.2) is 30.6 Å². The number of carbonyl (C=O) groups excluding carboxylic acids is 1. The van der Waals surface area contributed by atoms with Crippen molar-refractivity contribution in [2.24, 2.45) is 0 Å². The molecule has 0 fully saturated rings. The lowest BCUT2D eigenvalue weighted by molar-refractivity contribution is 0.112. The van der Waals surface area contributed by atoms with E-state index in [1.807, 2.05) is 30.3 Å². The highest BCUT2D eigenvalue weighted by molar-refractivity contribution is 6.58. The molecule has 104 valence electrons. The molecule has 0 heterocycles. The lowest BCUT2D eigenvalue weighted by Crippen LogP contribution is -2.29. The summed E-state index contributed by atoms with van der Waals surface area (Å²) < 4.78 is 4.93. The SMILES string of the molecule is COCc1ccccc1.O=Cc1cccc(B(O)O)c1. The maximum atomic E-state index is 10.2. The highest BCUT2D eigenvalue weighted by Crippen LogP contribution is 1.98. The normalized spacial score (nSPS) is 9.35. The topological polar surface area (TPSA) is 66.8 Å². The Hall–Kier alpha value is -1.95. The van der Waals surface area contributed by atoms with Gasteiger partial charge in [-0.05, 0) is 11.0 Å². The van der Waals surface area contributed by atoms with E-state index in [9.17, 15) is 4.79 Å². The van der Waals surface area contributed by atoms with Crippen LogP contribution >= 0.6 is 0 Å². The van der Waals surface area contributed by atoms with Crippen LogP contribution in [0.15, 0.2) is 54.6 Å². The number of benzene rings is 2. The van der Waals surface area contributed by atoms with Gasteiger partial charge in [0.2, 0.25) is 0 Å². The van der Waals surface area contributed by atoms with Gasteiger partial charge in [0, 0.05) is 12.7 Å². The Labute approximate surface area is 118 Å². The minimum atomic E-state index is -1.50. The van der Waals surface area contributed by atoms with E-state index in [2.05, 4.69) is 0 Å². The number of aldehydes is 1. The summed E-state index contributed by atoms with van der Waals surface area (Å²) in [6.45, 7) is 0.709. The quantitative estimate of drug-likeness (QED) is 0.644. The number of methoxy groups -OCH3 is 1. The summed E-state index contributed by atoms with van der Waals surface area (Å²) in [5, 5.41) is 17.4. The van der Waals surface area contributed by atoms with Crippen LogP contribution in [0.5, 0.6) is 0 Å². The molecule has 0 aliphatic heterocycles. The maximum Gasteiger partial charge on any atom is 0.488 e. The average Bonchev–Trinajstić information content (AvgIpc) is 2.49. The van der Waals surface area contributed by atoms with Crippen LogP contribution in [0, 0.1) is 0 Å². The largest absolute Gasteiger partial charge is 0.488 e. The molecule has 2 rings (SSSR count). The predicted octanol–water partition coefficient (Wildman–Crippen LogP) is 1.01. The molecule has 0 saturated carbocycles. The van der Waals surface area contributed by atoms with Crippen LogP contribution in [0.3, 0.4) is 0 Å². The van der Waals surface area contributed by atoms with Crippen molar-refractivity contribution in [3.05, 3.63) is 65.7 Å². The Balaban J connectivity index is 0.000000204. The second-order valence-corrected chi connectivity index (χ2v) is 4.08. The molecule has 0 radical (unpaired) electrons. The number of rotatable bonds is 4. The molecule has 0 aliphatic carbocycles. The minimum Gasteiger partial charge on any atom is -0.423 e. The fraction of sp³-hybridized carbons (Fsp3) is 0.133. The van der Waals surface area contributed by atoms with Crippen molar-refractivity contribution in [1.82, 2.24) is 0 Å². The molecule has 5 heteroatoms. The second-order valence-electron chi connectivity index (χ2n) is 4.08. The molecule has 20 heavy (non-hydrogen) atoms. The van der Waals surface area contributed by atoms with Crippen molar-refractivity contribution in [1.29, 1.82) is 0 Å². The Bertz CT molecular complexity index is 514. The molecule has 0 saturated heterocycles. The lowest BCUT2D eigenvalue weighted by Gasteiger charge is -1.97. The fourth-order valence-corrected chi connectivity index (χ4v) is 1.53. The van der Waals surface area contributed by atoms with Gasteiger partial charge in [0.15, 0.2) is 0 Å². The van der Waals surface area contributed by atoms with Crippen LogP contribution in [0.1, 0.15) is 15.9 Å². The monoisotopic (exact) mass is 272 g/mol.